The molecule has 0 aromatic carbocycles. The van der Waals surface area contributed by atoms with Crippen LogP contribution in [0.25, 0.3) is 11.0 Å². The number of aromatic nitrogens is 4. The second-order valence-corrected chi connectivity index (χ2v) is 8.88. The highest BCUT2D eigenvalue weighted by atomic mass is 79.9. The minimum atomic E-state index is -0.483. The van der Waals surface area contributed by atoms with Crippen molar-refractivity contribution in [3.8, 4) is 0 Å². The Labute approximate surface area is 168 Å². The standard InChI is InChI=1S/C18H27BrN6O2/c1-18(2,3)27-17(26)23(4)9-12-7-6-8-25(10-12)16-13-14(19)22-24(5)15(13)20-11-21-16/h11-12H,6-10H2,1-5H3. The summed E-state index contributed by atoms with van der Waals surface area (Å²) < 4.78 is 7.97. The van der Waals surface area contributed by atoms with E-state index in [4.69, 9.17) is 4.74 Å². The third-order valence-corrected chi connectivity index (χ3v) is 5.17. The van der Waals surface area contributed by atoms with E-state index in [1.165, 1.54) is 0 Å². The number of aryl methyl sites for hydroxylation is 1. The lowest BCUT2D eigenvalue weighted by molar-refractivity contribution is 0.0269. The molecule has 9 heteroatoms. The topological polar surface area (TPSA) is 76.4 Å². The lowest BCUT2D eigenvalue weighted by Gasteiger charge is -2.35. The van der Waals surface area contributed by atoms with Crippen LogP contribution in [0.15, 0.2) is 10.9 Å². The van der Waals surface area contributed by atoms with Gasteiger partial charge in [-0.2, -0.15) is 5.10 Å². The highest BCUT2D eigenvalue weighted by Gasteiger charge is 2.27. The monoisotopic (exact) mass is 438 g/mol. The fourth-order valence-electron chi connectivity index (χ4n) is 3.47. The molecule has 2 aromatic heterocycles. The van der Waals surface area contributed by atoms with Crippen LogP contribution < -0.4 is 4.90 Å². The van der Waals surface area contributed by atoms with Crippen molar-refractivity contribution in [1.82, 2.24) is 24.6 Å². The number of carbonyl (C=O) groups excluding carboxylic acids is 1. The molecule has 0 radical (unpaired) electrons. The van der Waals surface area contributed by atoms with E-state index < -0.39 is 5.60 Å². The van der Waals surface area contributed by atoms with E-state index >= 15 is 0 Å². The molecule has 1 unspecified atom stereocenters. The highest BCUT2D eigenvalue weighted by molar-refractivity contribution is 9.10. The van der Waals surface area contributed by atoms with Crippen LogP contribution in [-0.2, 0) is 11.8 Å². The quantitative estimate of drug-likeness (QED) is 0.731. The molecule has 1 saturated heterocycles. The van der Waals surface area contributed by atoms with Crippen molar-refractivity contribution in [2.24, 2.45) is 13.0 Å². The van der Waals surface area contributed by atoms with Gasteiger partial charge >= 0.3 is 6.09 Å². The predicted molar refractivity (Wildman–Crippen MR) is 108 cm³/mol. The van der Waals surface area contributed by atoms with E-state index in [-0.39, 0.29) is 6.09 Å². The van der Waals surface area contributed by atoms with Gasteiger partial charge in [-0.25, -0.2) is 19.4 Å². The first-order chi connectivity index (χ1) is 12.7. The Kier molecular flexibility index (Phi) is 5.60. The average molecular weight is 439 g/mol. The first-order valence-corrected chi connectivity index (χ1v) is 9.97. The molecule has 27 heavy (non-hydrogen) atoms. The Morgan fingerprint density at radius 2 is 2.15 bits per heavy atom. The van der Waals surface area contributed by atoms with Gasteiger partial charge in [0.15, 0.2) is 5.65 Å². The van der Waals surface area contributed by atoms with Crippen molar-refractivity contribution in [3.63, 3.8) is 0 Å². The smallest absolute Gasteiger partial charge is 0.410 e. The van der Waals surface area contributed by atoms with Gasteiger partial charge in [-0.1, -0.05) is 0 Å². The predicted octanol–water partition coefficient (Wildman–Crippen LogP) is 3.21. The summed E-state index contributed by atoms with van der Waals surface area (Å²) in [6, 6.07) is 0. The number of nitrogens with zero attached hydrogens (tertiary/aromatic N) is 6. The first kappa shape index (κ1) is 19.9. The third-order valence-electron chi connectivity index (χ3n) is 4.61. The fraction of sp³-hybridized carbons (Fsp3) is 0.667. The molecule has 0 bridgehead atoms. The SMILES string of the molecule is CN(CC1CCCN(c2ncnc3c2c(Br)nn3C)C1)C(=O)OC(C)(C)C. The van der Waals surface area contributed by atoms with Gasteiger partial charge in [-0.3, -0.25) is 0 Å². The van der Waals surface area contributed by atoms with Gasteiger partial charge in [0.2, 0.25) is 0 Å². The Morgan fingerprint density at radius 3 is 2.85 bits per heavy atom. The van der Waals surface area contributed by atoms with Crippen LogP contribution >= 0.6 is 15.9 Å². The maximum absolute atomic E-state index is 12.3. The number of rotatable bonds is 3. The van der Waals surface area contributed by atoms with E-state index in [0.717, 1.165) is 47.4 Å². The summed E-state index contributed by atoms with van der Waals surface area (Å²) in [5.41, 5.74) is 0.322. The maximum atomic E-state index is 12.3. The van der Waals surface area contributed by atoms with Crippen LogP contribution in [0.4, 0.5) is 10.6 Å². The van der Waals surface area contributed by atoms with Crippen LogP contribution in [0.5, 0.6) is 0 Å². The van der Waals surface area contributed by atoms with Crippen LogP contribution in [-0.4, -0.2) is 63.0 Å². The molecule has 0 N–H and O–H groups in total. The van der Waals surface area contributed by atoms with Gasteiger partial charge in [0.1, 0.15) is 22.3 Å². The molecular weight excluding hydrogens is 412 g/mol. The Hall–Kier alpha value is -1.90. The van der Waals surface area contributed by atoms with Gasteiger partial charge in [0, 0.05) is 33.7 Å². The van der Waals surface area contributed by atoms with Crippen LogP contribution in [0.1, 0.15) is 33.6 Å². The summed E-state index contributed by atoms with van der Waals surface area (Å²) in [5.74, 6) is 1.25. The van der Waals surface area contributed by atoms with E-state index in [1.54, 1.807) is 23.0 Å². The molecule has 1 aliphatic rings. The van der Waals surface area contributed by atoms with Gasteiger partial charge in [-0.05, 0) is 55.5 Å². The number of halogens is 1. The van der Waals surface area contributed by atoms with E-state index in [1.807, 2.05) is 27.8 Å². The van der Waals surface area contributed by atoms with Crippen molar-refractivity contribution in [3.05, 3.63) is 10.9 Å². The lowest BCUT2D eigenvalue weighted by Crippen LogP contribution is -2.43. The number of fused-ring (bicyclic) bond motifs is 1. The molecule has 2 aromatic rings. The zero-order valence-electron chi connectivity index (χ0n) is 16.6. The van der Waals surface area contributed by atoms with Crippen LogP contribution in [0.2, 0.25) is 0 Å². The number of ether oxygens (including phenoxy) is 1. The largest absolute Gasteiger partial charge is 0.444 e. The normalized spacial score (nSPS) is 18.0. The molecule has 3 rings (SSSR count). The van der Waals surface area contributed by atoms with E-state index in [9.17, 15) is 4.79 Å². The summed E-state index contributed by atoms with van der Waals surface area (Å²) in [6.45, 7) is 8.07. The molecule has 8 nitrogen and oxygen atoms in total. The molecule has 3 heterocycles. The third kappa shape index (κ3) is 4.51. The summed E-state index contributed by atoms with van der Waals surface area (Å²) in [6.07, 6.45) is 3.43. The lowest BCUT2D eigenvalue weighted by atomic mass is 9.97. The number of carbonyl (C=O) groups is 1. The second-order valence-electron chi connectivity index (χ2n) is 8.13. The second kappa shape index (κ2) is 7.61. The first-order valence-electron chi connectivity index (χ1n) is 9.18. The minimum absolute atomic E-state index is 0.279. The van der Waals surface area contributed by atoms with E-state index in [2.05, 4.69) is 35.9 Å². The number of piperidine rings is 1. The number of amides is 1. The summed E-state index contributed by atoms with van der Waals surface area (Å²) in [4.78, 5) is 25.1. The Bertz CT molecular complexity index is 831. The molecule has 1 atom stereocenters. The van der Waals surface area contributed by atoms with E-state index in [0.29, 0.717) is 12.5 Å². The average Bonchev–Trinajstić information content (AvgIpc) is 2.88. The maximum Gasteiger partial charge on any atom is 0.410 e. The van der Waals surface area contributed by atoms with Crippen molar-refractivity contribution < 1.29 is 9.53 Å². The summed E-state index contributed by atoms with van der Waals surface area (Å²) >= 11 is 3.53. The van der Waals surface area contributed by atoms with Gasteiger partial charge in [0.25, 0.3) is 0 Å². The molecular formula is C18H27BrN6O2. The van der Waals surface area contributed by atoms with Crippen molar-refractivity contribution in [2.75, 3.05) is 31.6 Å². The zero-order chi connectivity index (χ0) is 19.8. The molecule has 0 spiro atoms. The summed E-state index contributed by atoms with van der Waals surface area (Å²) in [5, 5.41) is 5.34. The number of hydrogen-bond acceptors (Lipinski definition) is 6. The summed E-state index contributed by atoms with van der Waals surface area (Å²) in [7, 11) is 3.67. The number of anilines is 1. The van der Waals surface area contributed by atoms with Crippen molar-refractivity contribution in [1.29, 1.82) is 0 Å². The van der Waals surface area contributed by atoms with Crippen molar-refractivity contribution in [2.45, 2.75) is 39.2 Å². The minimum Gasteiger partial charge on any atom is -0.444 e. The fourth-order valence-corrected chi connectivity index (χ4v) is 4.07. The van der Waals surface area contributed by atoms with Gasteiger partial charge < -0.3 is 14.5 Å². The molecule has 148 valence electrons. The molecule has 0 saturated carbocycles. The Balaban J connectivity index is 1.73. The molecule has 1 aliphatic heterocycles. The molecule has 1 amide bonds. The molecule has 0 aliphatic carbocycles. The van der Waals surface area contributed by atoms with Crippen molar-refractivity contribution >= 4 is 38.9 Å². The van der Waals surface area contributed by atoms with Gasteiger partial charge in [0.05, 0.1) is 5.39 Å². The van der Waals surface area contributed by atoms with Crippen LogP contribution in [0.3, 0.4) is 0 Å². The zero-order valence-corrected chi connectivity index (χ0v) is 18.2. The van der Waals surface area contributed by atoms with Gasteiger partial charge in [-0.15, -0.1) is 0 Å². The molecule has 1 fully saturated rings. The Morgan fingerprint density at radius 1 is 1.41 bits per heavy atom. The highest BCUT2D eigenvalue weighted by Crippen LogP contribution is 2.32. The van der Waals surface area contributed by atoms with Crippen LogP contribution in [0, 0.1) is 5.92 Å². The number of hydrogen-bond donors (Lipinski definition) is 0.